The van der Waals surface area contributed by atoms with Crippen LogP contribution in [0.25, 0.3) is 16.7 Å². The van der Waals surface area contributed by atoms with E-state index in [0.717, 1.165) is 36.7 Å². The zero-order chi connectivity index (χ0) is 24.5. The van der Waals surface area contributed by atoms with E-state index < -0.39 is 5.95 Å². The number of nitrogens with one attached hydrogen (secondary N) is 1. The molecule has 1 saturated carbocycles. The van der Waals surface area contributed by atoms with Gasteiger partial charge < -0.3 is 5.32 Å². The summed E-state index contributed by atoms with van der Waals surface area (Å²) < 4.78 is 16.7. The number of amides is 1. The van der Waals surface area contributed by atoms with Crippen molar-refractivity contribution in [2.24, 2.45) is 5.92 Å². The van der Waals surface area contributed by atoms with Crippen molar-refractivity contribution in [3.05, 3.63) is 87.6 Å². The summed E-state index contributed by atoms with van der Waals surface area (Å²) in [6, 6.07) is 12.1. The fourth-order valence-corrected chi connectivity index (χ4v) is 5.04. The number of imidazole rings is 1. The van der Waals surface area contributed by atoms with E-state index >= 15 is 0 Å². The summed E-state index contributed by atoms with van der Waals surface area (Å²) in [5, 5.41) is 3.55. The Balaban J connectivity index is 1.30. The van der Waals surface area contributed by atoms with Crippen molar-refractivity contribution in [1.82, 2.24) is 24.4 Å². The largest absolute Gasteiger partial charge is 0.349 e. The van der Waals surface area contributed by atoms with Crippen LogP contribution in [0.4, 0.5) is 4.39 Å². The number of halogens is 2. The average Bonchev–Trinajstić information content (AvgIpc) is 3.13. The maximum atomic E-state index is 13.4. The van der Waals surface area contributed by atoms with Crippen LogP contribution in [0.15, 0.2) is 59.7 Å². The first-order valence-corrected chi connectivity index (χ1v) is 12.0. The molecule has 1 aromatic carbocycles. The zero-order valence-electron chi connectivity index (χ0n) is 19.2. The van der Waals surface area contributed by atoms with Gasteiger partial charge in [-0.05, 0) is 68.9 Å². The summed E-state index contributed by atoms with van der Waals surface area (Å²) in [5.74, 6) is -0.439. The van der Waals surface area contributed by atoms with Gasteiger partial charge in [-0.15, -0.1) is 0 Å². The standard InChI is InChI=1S/C26H25ClFN5O2/c1-16-21(12-18(27)13-29-16)25(34)31-19-8-6-17(7-9-19)15-32-22-4-2-3-5-23(22)33(26(32)35)20-10-11-24(28)30-14-20/h2-5,10-14,17,19H,6-9,15H2,1H3,(H,31,34)/t17-,19-. The van der Waals surface area contributed by atoms with Gasteiger partial charge in [-0.1, -0.05) is 23.7 Å². The van der Waals surface area contributed by atoms with Crippen molar-refractivity contribution in [3.8, 4) is 5.69 Å². The van der Waals surface area contributed by atoms with Crippen molar-refractivity contribution in [1.29, 1.82) is 0 Å². The van der Waals surface area contributed by atoms with E-state index in [1.807, 2.05) is 24.3 Å². The Morgan fingerprint density at radius 2 is 1.83 bits per heavy atom. The summed E-state index contributed by atoms with van der Waals surface area (Å²) >= 11 is 6.01. The summed E-state index contributed by atoms with van der Waals surface area (Å²) in [5.41, 5.74) is 3.10. The van der Waals surface area contributed by atoms with E-state index in [1.165, 1.54) is 18.5 Å². The SMILES string of the molecule is Cc1ncc(Cl)cc1C(=O)N[C@H]1CC[C@H](Cn2c(=O)n(-c3ccc(F)nc3)c3ccccc32)CC1. The Labute approximate surface area is 206 Å². The lowest BCUT2D eigenvalue weighted by Crippen LogP contribution is -2.39. The first-order valence-electron chi connectivity index (χ1n) is 11.7. The zero-order valence-corrected chi connectivity index (χ0v) is 20.0. The highest BCUT2D eigenvalue weighted by Gasteiger charge is 2.25. The molecule has 3 aromatic heterocycles. The molecule has 0 radical (unpaired) electrons. The minimum Gasteiger partial charge on any atom is -0.349 e. The number of nitrogens with zero attached hydrogens (tertiary/aromatic N) is 4. The second kappa shape index (κ2) is 9.62. The minimum atomic E-state index is -0.587. The number of benzene rings is 1. The quantitative estimate of drug-likeness (QED) is 0.409. The molecule has 0 atom stereocenters. The van der Waals surface area contributed by atoms with Crippen molar-refractivity contribution in [3.63, 3.8) is 0 Å². The van der Waals surface area contributed by atoms with E-state index in [4.69, 9.17) is 11.6 Å². The van der Waals surface area contributed by atoms with E-state index in [-0.39, 0.29) is 17.6 Å². The number of pyridine rings is 2. The van der Waals surface area contributed by atoms with Crippen LogP contribution < -0.4 is 11.0 Å². The molecule has 1 aliphatic carbocycles. The Morgan fingerprint density at radius 3 is 2.54 bits per heavy atom. The van der Waals surface area contributed by atoms with Crippen LogP contribution >= 0.6 is 11.6 Å². The molecule has 0 saturated heterocycles. The van der Waals surface area contributed by atoms with Gasteiger partial charge in [0.25, 0.3) is 5.91 Å². The van der Waals surface area contributed by atoms with Crippen LogP contribution in [0.3, 0.4) is 0 Å². The van der Waals surface area contributed by atoms with Crippen molar-refractivity contribution in [2.45, 2.75) is 45.2 Å². The third-order valence-corrected chi connectivity index (χ3v) is 6.93. The first-order chi connectivity index (χ1) is 16.9. The second-order valence-electron chi connectivity index (χ2n) is 9.03. The van der Waals surface area contributed by atoms with E-state index in [9.17, 15) is 14.0 Å². The maximum Gasteiger partial charge on any atom is 0.333 e. The molecule has 0 unspecified atom stereocenters. The van der Waals surface area contributed by atoms with Crippen LogP contribution in [0.2, 0.25) is 5.02 Å². The van der Waals surface area contributed by atoms with Gasteiger partial charge in [-0.3, -0.25) is 18.9 Å². The van der Waals surface area contributed by atoms with Gasteiger partial charge in [0.2, 0.25) is 5.95 Å². The van der Waals surface area contributed by atoms with Crippen LogP contribution in [-0.4, -0.2) is 31.1 Å². The number of hydrogen-bond acceptors (Lipinski definition) is 4. The maximum absolute atomic E-state index is 13.4. The lowest BCUT2D eigenvalue weighted by Gasteiger charge is -2.29. The topological polar surface area (TPSA) is 81.8 Å². The van der Waals surface area contributed by atoms with Gasteiger partial charge in [0.1, 0.15) is 0 Å². The third kappa shape index (κ3) is 4.71. The van der Waals surface area contributed by atoms with Crippen LogP contribution in [0, 0.1) is 18.8 Å². The number of carbonyl (C=O) groups is 1. The molecular weight excluding hydrogens is 469 g/mol. The van der Waals surface area contributed by atoms with Crippen molar-refractivity contribution in [2.75, 3.05) is 0 Å². The normalized spacial score (nSPS) is 18.0. The van der Waals surface area contributed by atoms with Gasteiger partial charge in [-0.25, -0.2) is 9.78 Å². The highest BCUT2D eigenvalue weighted by Crippen LogP contribution is 2.28. The number of hydrogen-bond donors (Lipinski definition) is 1. The molecule has 0 spiro atoms. The molecule has 1 amide bonds. The molecule has 3 heterocycles. The summed E-state index contributed by atoms with van der Waals surface area (Å²) in [6.45, 7) is 2.37. The monoisotopic (exact) mass is 493 g/mol. The van der Waals surface area contributed by atoms with Gasteiger partial charge in [0.15, 0.2) is 0 Å². The van der Waals surface area contributed by atoms with Crippen molar-refractivity contribution < 1.29 is 9.18 Å². The highest BCUT2D eigenvalue weighted by molar-refractivity contribution is 6.30. The molecule has 4 aromatic rings. The molecule has 9 heteroatoms. The molecule has 1 N–H and O–H groups in total. The molecule has 35 heavy (non-hydrogen) atoms. The number of carbonyl (C=O) groups excluding carboxylic acids is 1. The number of fused-ring (bicyclic) bond motifs is 1. The van der Waals surface area contributed by atoms with Crippen LogP contribution in [0.5, 0.6) is 0 Å². The predicted octanol–water partition coefficient (Wildman–Crippen LogP) is 4.67. The van der Waals surface area contributed by atoms with E-state index in [1.54, 1.807) is 28.2 Å². The molecule has 5 rings (SSSR count). The number of para-hydroxylation sites is 2. The Hall–Kier alpha value is -3.52. The summed E-state index contributed by atoms with van der Waals surface area (Å²) in [7, 11) is 0. The number of aromatic nitrogens is 4. The van der Waals surface area contributed by atoms with Gasteiger partial charge in [0, 0.05) is 18.8 Å². The first kappa shape index (κ1) is 23.2. The fraction of sp³-hybridized carbons (Fsp3) is 0.308. The van der Waals surface area contributed by atoms with Gasteiger partial charge in [-0.2, -0.15) is 4.39 Å². The third-order valence-electron chi connectivity index (χ3n) is 6.73. The second-order valence-corrected chi connectivity index (χ2v) is 9.47. The summed E-state index contributed by atoms with van der Waals surface area (Å²) in [4.78, 5) is 34.0. The van der Waals surface area contributed by atoms with Crippen LogP contribution in [-0.2, 0) is 6.54 Å². The van der Waals surface area contributed by atoms with Gasteiger partial charge in [0.05, 0.1) is 39.2 Å². The molecule has 0 aliphatic heterocycles. The molecule has 7 nitrogen and oxygen atoms in total. The highest BCUT2D eigenvalue weighted by atomic mass is 35.5. The van der Waals surface area contributed by atoms with Crippen LogP contribution in [0.1, 0.15) is 41.7 Å². The lowest BCUT2D eigenvalue weighted by molar-refractivity contribution is 0.0919. The molecule has 1 fully saturated rings. The number of rotatable bonds is 5. The Kier molecular flexibility index (Phi) is 6.38. The molecule has 180 valence electrons. The fourth-order valence-electron chi connectivity index (χ4n) is 4.88. The van der Waals surface area contributed by atoms with E-state index in [2.05, 4.69) is 15.3 Å². The Bertz CT molecular complexity index is 1440. The smallest absolute Gasteiger partial charge is 0.333 e. The Morgan fingerprint density at radius 1 is 1.09 bits per heavy atom. The van der Waals surface area contributed by atoms with E-state index in [0.29, 0.717) is 34.4 Å². The molecule has 1 aliphatic rings. The predicted molar refractivity (Wildman–Crippen MR) is 132 cm³/mol. The summed E-state index contributed by atoms with van der Waals surface area (Å²) in [6.07, 6.45) is 6.35. The molecule has 0 bridgehead atoms. The average molecular weight is 494 g/mol. The van der Waals surface area contributed by atoms with Crippen molar-refractivity contribution >= 4 is 28.5 Å². The minimum absolute atomic E-state index is 0.0699. The lowest BCUT2D eigenvalue weighted by atomic mass is 9.85. The molecular formula is C26H25ClFN5O2. The number of aryl methyl sites for hydroxylation is 1. The van der Waals surface area contributed by atoms with Gasteiger partial charge >= 0.3 is 5.69 Å².